The molecule has 208 valence electrons. The lowest BCUT2D eigenvalue weighted by Crippen LogP contribution is -2.06. The van der Waals surface area contributed by atoms with E-state index in [0.29, 0.717) is 35.2 Å². The molecule has 10 heteroatoms. The third kappa shape index (κ3) is 5.32. The Morgan fingerprint density at radius 2 is 1.05 bits per heavy atom. The average Bonchev–Trinajstić information content (AvgIpc) is 3.57. The number of aromatic hydroxyl groups is 2. The molecule has 2 aromatic heterocycles. The van der Waals surface area contributed by atoms with E-state index in [-0.39, 0.29) is 57.2 Å². The molecule has 0 aliphatic heterocycles. The maximum atomic E-state index is 12.2. The molecule has 2 N–H and O–H groups in total. The molecular formula is C29H32O10. The number of phenolic OH excluding ortho intramolecular Hbond substituents is 2. The van der Waals surface area contributed by atoms with Crippen LogP contribution in [0.3, 0.4) is 0 Å². The number of carbonyl (C=O) groups is 2. The predicted molar refractivity (Wildman–Crippen MR) is 143 cm³/mol. The van der Waals surface area contributed by atoms with Crippen molar-refractivity contribution in [2.24, 2.45) is 0 Å². The molecule has 0 fully saturated rings. The Morgan fingerprint density at radius 1 is 0.667 bits per heavy atom. The van der Waals surface area contributed by atoms with Crippen LogP contribution in [-0.4, -0.2) is 49.2 Å². The lowest BCUT2D eigenvalue weighted by Gasteiger charge is -2.15. The van der Waals surface area contributed by atoms with E-state index in [4.69, 9.17) is 27.8 Å². The quantitative estimate of drug-likeness (QED) is 0.136. The molecule has 2 heterocycles. The number of unbranched alkanes of at least 4 members (excludes halogenated alkanes) is 4. The summed E-state index contributed by atoms with van der Waals surface area (Å²) in [5, 5.41) is 22.2. The highest BCUT2D eigenvalue weighted by Crippen LogP contribution is 2.47. The number of carbonyl (C=O) groups excluding carboxylic acids is 2. The number of benzene rings is 2. The zero-order valence-electron chi connectivity index (χ0n) is 22.4. The molecule has 0 aliphatic rings. The summed E-state index contributed by atoms with van der Waals surface area (Å²) in [4.78, 5) is 24.5. The van der Waals surface area contributed by atoms with Crippen molar-refractivity contribution in [2.45, 2.75) is 46.0 Å². The van der Waals surface area contributed by atoms with Gasteiger partial charge >= 0.3 is 0 Å². The fourth-order valence-corrected chi connectivity index (χ4v) is 4.67. The molecule has 0 saturated heterocycles. The molecule has 4 rings (SSSR count). The molecule has 0 radical (unpaired) electrons. The van der Waals surface area contributed by atoms with Crippen molar-refractivity contribution in [2.75, 3.05) is 27.4 Å². The molecule has 0 amide bonds. The monoisotopic (exact) mass is 540 g/mol. The normalized spacial score (nSPS) is 11.2. The summed E-state index contributed by atoms with van der Waals surface area (Å²) in [7, 11) is 2.79. The number of ether oxygens (including phenoxy) is 4. The largest absolute Gasteiger partial charge is 0.504 e. The van der Waals surface area contributed by atoms with Crippen LogP contribution >= 0.6 is 0 Å². The number of phenols is 2. The van der Waals surface area contributed by atoms with E-state index in [2.05, 4.69) is 0 Å². The topological polar surface area (TPSA) is 138 Å². The number of Topliss-reactive ketones (excluding diaryl/α,β-unsaturated/α-hetero) is 2. The Hall–Kier alpha value is -4.34. The summed E-state index contributed by atoms with van der Waals surface area (Å²) in [5.41, 5.74) is 0.778. The van der Waals surface area contributed by atoms with Crippen LogP contribution in [0, 0.1) is 0 Å². The highest BCUT2D eigenvalue weighted by atomic mass is 16.5. The van der Waals surface area contributed by atoms with E-state index in [1.54, 1.807) is 12.1 Å². The predicted octanol–water partition coefficient (Wildman–Crippen LogP) is 6.42. The molecule has 0 unspecified atom stereocenters. The van der Waals surface area contributed by atoms with E-state index >= 15 is 0 Å². The van der Waals surface area contributed by atoms with Crippen molar-refractivity contribution in [3.05, 3.63) is 35.8 Å². The van der Waals surface area contributed by atoms with Gasteiger partial charge in [0.05, 0.1) is 50.7 Å². The number of methoxy groups -OCH3 is 2. The van der Waals surface area contributed by atoms with Crippen molar-refractivity contribution in [3.8, 4) is 34.5 Å². The molecule has 4 aromatic rings. The number of ketones is 2. The first-order valence-corrected chi connectivity index (χ1v) is 12.7. The fraction of sp³-hybridized carbons (Fsp3) is 0.379. The molecule has 0 bridgehead atoms. The first-order valence-electron chi connectivity index (χ1n) is 12.7. The van der Waals surface area contributed by atoms with Gasteiger partial charge < -0.3 is 38.0 Å². The highest BCUT2D eigenvalue weighted by molar-refractivity contribution is 6.09. The molecule has 0 aliphatic carbocycles. The zero-order valence-corrected chi connectivity index (χ0v) is 22.4. The number of rotatable bonds is 14. The molecule has 0 spiro atoms. The second-order valence-corrected chi connectivity index (χ2v) is 9.08. The summed E-state index contributed by atoms with van der Waals surface area (Å²) in [6.45, 7) is 3.43. The Labute approximate surface area is 225 Å². The van der Waals surface area contributed by atoms with E-state index in [1.807, 2.05) is 0 Å². The van der Waals surface area contributed by atoms with Gasteiger partial charge in [-0.2, -0.15) is 0 Å². The van der Waals surface area contributed by atoms with Crippen LogP contribution in [0.2, 0.25) is 0 Å². The minimum Gasteiger partial charge on any atom is -0.504 e. The smallest absolute Gasteiger partial charge is 0.205 e. The third-order valence-electron chi connectivity index (χ3n) is 6.48. The van der Waals surface area contributed by atoms with Crippen LogP contribution in [0.5, 0.6) is 34.5 Å². The van der Waals surface area contributed by atoms with Crippen LogP contribution in [0.4, 0.5) is 0 Å². The number of hydrogen-bond donors (Lipinski definition) is 2. The molecule has 0 atom stereocenters. The first kappa shape index (κ1) is 27.7. The van der Waals surface area contributed by atoms with Gasteiger partial charge in [0.1, 0.15) is 22.6 Å². The van der Waals surface area contributed by atoms with Crippen LogP contribution < -0.4 is 18.9 Å². The van der Waals surface area contributed by atoms with Crippen molar-refractivity contribution in [3.63, 3.8) is 0 Å². The maximum Gasteiger partial charge on any atom is 0.205 e. The van der Waals surface area contributed by atoms with E-state index in [0.717, 1.165) is 32.1 Å². The number of hydrogen-bond acceptors (Lipinski definition) is 10. The lowest BCUT2D eigenvalue weighted by atomic mass is 10.0. The van der Waals surface area contributed by atoms with E-state index in [1.165, 1.54) is 40.6 Å². The van der Waals surface area contributed by atoms with Crippen LogP contribution in [0.15, 0.2) is 33.5 Å². The van der Waals surface area contributed by atoms with Gasteiger partial charge in [0, 0.05) is 0 Å². The van der Waals surface area contributed by atoms with Crippen LogP contribution in [0.25, 0.3) is 21.9 Å². The van der Waals surface area contributed by atoms with Gasteiger partial charge in [0.2, 0.25) is 11.5 Å². The summed E-state index contributed by atoms with van der Waals surface area (Å²) in [5.74, 6) is -0.502. The minimum absolute atomic E-state index is 0.0686. The van der Waals surface area contributed by atoms with Crippen molar-refractivity contribution in [1.82, 2.24) is 0 Å². The number of furan rings is 2. The van der Waals surface area contributed by atoms with Crippen molar-refractivity contribution >= 4 is 33.5 Å². The fourth-order valence-electron chi connectivity index (χ4n) is 4.67. The Bertz CT molecular complexity index is 1380. The van der Waals surface area contributed by atoms with Gasteiger partial charge in [0.15, 0.2) is 34.2 Å². The Balaban J connectivity index is 1.29. The van der Waals surface area contributed by atoms with Crippen LogP contribution in [0.1, 0.15) is 66.7 Å². The number of fused-ring (bicyclic) bond motifs is 2. The van der Waals surface area contributed by atoms with Crippen molar-refractivity contribution in [1.29, 1.82) is 0 Å². The molecule has 2 aromatic carbocycles. The van der Waals surface area contributed by atoms with Gasteiger partial charge in [-0.1, -0.05) is 19.3 Å². The summed E-state index contributed by atoms with van der Waals surface area (Å²) >= 11 is 0. The molecular weight excluding hydrogens is 508 g/mol. The second-order valence-electron chi connectivity index (χ2n) is 9.08. The van der Waals surface area contributed by atoms with Gasteiger partial charge in [-0.05, 0) is 38.8 Å². The zero-order chi connectivity index (χ0) is 28.1. The van der Waals surface area contributed by atoms with Gasteiger partial charge in [-0.15, -0.1) is 0 Å². The summed E-state index contributed by atoms with van der Waals surface area (Å²) < 4.78 is 33.2. The Morgan fingerprint density at radius 3 is 1.41 bits per heavy atom. The molecule has 10 nitrogen and oxygen atoms in total. The minimum atomic E-state index is -0.338. The maximum absolute atomic E-state index is 12.2. The van der Waals surface area contributed by atoms with Crippen molar-refractivity contribution < 1.29 is 47.6 Å². The van der Waals surface area contributed by atoms with Gasteiger partial charge in [0.25, 0.3) is 0 Å². The van der Waals surface area contributed by atoms with Crippen LogP contribution in [-0.2, 0) is 0 Å². The third-order valence-corrected chi connectivity index (χ3v) is 6.48. The van der Waals surface area contributed by atoms with Gasteiger partial charge in [-0.25, -0.2) is 0 Å². The summed E-state index contributed by atoms with van der Waals surface area (Å²) in [6, 6.07) is 3.35. The first-order chi connectivity index (χ1) is 18.8. The van der Waals surface area contributed by atoms with E-state index in [9.17, 15) is 19.8 Å². The highest BCUT2D eigenvalue weighted by Gasteiger charge is 2.27. The average molecular weight is 541 g/mol. The van der Waals surface area contributed by atoms with Gasteiger partial charge in [-0.3, -0.25) is 9.59 Å². The molecule has 39 heavy (non-hydrogen) atoms. The Kier molecular flexibility index (Phi) is 8.53. The van der Waals surface area contributed by atoms with E-state index < -0.39 is 0 Å². The second kappa shape index (κ2) is 12.0. The molecule has 0 saturated carbocycles. The SMILES string of the molecule is COc1c(O)c(C(C)=O)c(OCCCCCCCOc2c(C(C)=O)c(O)c(OC)c3occc23)c2ccoc12. The lowest BCUT2D eigenvalue weighted by molar-refractivity contribution is 0.0997. The summed E-state index contributed by atoms with van der Waals surface area (Å²) in [6.07, 6.45) is 7.04. The standard InChI is InChI=1S/C29H32O10/c1-16(30)20-22(32)28(34-3)26-18(10-14-38-26)24(20)36-12-8-6-5-7-9-13-37-25-19-11-15-39-27(19)29(35-4)23(33)21(25)17(2)31/h10-11,14-15,32-33H,5-9,12-13H2,1-4H3.